The highest BCUT2D eigenvalue weighted by Crippen LogP contribution is 2.39. The van der Waals surface area contributed by atoms with Crippen LogP contribution in [-0.2, 0) is 11.8 Å². The molecule has 2 aromatic rings. The fraction of sp³-hybridized carbons (Fsp3) is 0.636. The zero-order valence-corrected chi connectivity index (χ0v) is 17.5. The number of aryl methyl sites for hydroxylation is 1. The van der Waals surface area contributed by atoms with Crippen molar-refractivity contribution in [1.29, 1.82) is 0 Å². The van der Waals surface area contributed by atoms with E-state index < -0.39 is 0 Å². The molecule has 2 saturated heterocycles. The van der Waals surface area contributed by atoms with Crippen molar-refractivity contribution < 1.29 is 4.74 Å². The normalized spacial score (nSPS) is 27.3. The molecule has 0 bridgehead atoms. The fourth-order valence-corrected chi connectivity index (χ4v) is 5.38. The van der Waals surface area contributed by atoms with Crippen molar-refractivity contribution >= 4 is 5.82 Å². The number of hydrogen-bond donors (Lipinski definition) is 1. The minimum absolute atomic E-state index is 0.275. The van der Waals surface area contributed by atoms with Crippen molar-refractivity contribution in [3.05, 3.63) is 35.0 Å². The summed E-state index contributed by atoms with van der Waals surface area (Å²) in [4.78, 5) is 18.0. The molecule has 30 heavy (non-hydrogen) atoms. The first kappa shape index (κ1) is 19.6. The predicted octanol–water partition coefficient (Wildman–Crippen LogP) is 1.79. The second-order valence-electron chi connectivity index (χ2n) is 9.15. The number of fused-ring (bicyclic) bond motifs is 1. The predicted molar refractivity (Wildman–Crippen MR) is 114 cm³/mol. The summed E-state index contributed by atoms with van der Waals surface area (Å²) in [6, 6.07) is 4.38. The van der Waals surface area contributed by atoms with Crippen LogP contribution in [0.5, 0.6) is 0 Å². The van der Waals surface area contributed by atoms with Gasteiger partial charge in [0.1, 0.15) is 5.82 Å². The zero-order chi connectivity index (χ0) is 20.5. The van der Waals surface area contributed by atoms with Gasteiger partial charge >= 0.3 is 5.69 Å². The number of likely N-dealkylation sites (tertiary alicyclic amines) is 1. The van der Waals surface area contributed by atoms with E-state index in [1.165, 1.54) is 49.9 Å². The minimum atomic E-state index is -0.275. The van der Waals surface area contributed by atoms with Crippen LogP contribution in [0.15, 0.2) is 29.3 Å². The summed E-state index contributed by atoms with van der Waals surface area (Å²) in [5.74, 6) is 3.24. The van der Waals surface area contributed by atoms with E-state index in [1.54, 1.807) is 19.4 Å². The van der Waals surface area contributed by atoms with Gasteiger partial charge in [-0.2, -0.15) is 0 Å². The molecule has 0 spiro atoms. The van der Waals surface area contributed by atoms with Crippen LogP contribution in [0.25, 0.3) is 11.3 Å². The lowest BCUT2D eigenvalue weighted by Gasteiger charge is -2.27. The molecule has 1 aliphatic carbocycles. The van der Waals surface area contributed by atoms with E-state index in [1.807, 2.05) is 12.1 Å². The number of hydrogen-bond acceptors (Lipinski definition) is 7. The lowest BCUT2D eigenvalue weighted by atomic mass is 10.00. The standard InChI is InChI=1S/C22H30N6O2/c1-27-12-18(10-23-22(27)29)20-2-3-21(26-25-20)24-19-8-16-13-28(14-17(16)9-19)11-15-4-6-30-7-5-15/h2-3,10,12,15-17,19H,4-9,11,13-14H2,1H3,(H,24,26)/t16-,17+,19?. The van der Waals surface area contributed by atoms with Crippen LogP contribution in [0.1, 0.15) is 25.7 Å². The lowest BCUT2D eigenvalue weighted by Crippen LogP contribution is -2.32. The molecule has 4 heterocycles. The van der Waals surface area contributed by atoms with E-state index in [0.717, 1.165) is 48.0 Å². The van der Waals surface area contributed by atoms with Gasteiger partial charge in [0.05, 0.1) is 5.69 Å². The highest BCUT2D eigenvalue weighted by molar-refractivity contribution is 5.57. The van der Waals surface area contributed by atoms with Crippen LogP contribution in [0.4, 0.5) is 5.82 Å². The number of anilines is 1. The van der Waals surface area contributed by atoms with Gasteiger partial charge in [0.15, 0.2) is 0 Å². The third kappa shape index (κ3) is 4.25. The van der Waals surface area contributed by atoms with Gasteiger partial charge in [0.2, 0.25) is 0 Å². The van der Waals surface area contributed by atoms with Crippen molar-refractivity contribution in [2.24, 2.45) is 24.8 Å². The Hall–Kier alpha value is -2.32. The largest absolute Gasteiger partial charge is 0.381 e. The molecular weight excluding hydrogens is 380 g/mol. The molecule has 1 saturated carbocycles. The van der Waals surface area contributed by atoms with Crippen molar-refractivity contribution in [2.45, 2.75) is 31.7 Å². The molecule has 160 valence electrons. The van der Waals surface area contributed by atoms with Gasteiger partial charge in [0, 0.05) is 63.9 Å². The monoisotopic (exact) mass is 410 g/mol. The SMILES string of the molecule is Cn1cc(-c2ccc(NC3C[C@@H]4CN(CC5CCOCC5)C[C@@H]4C3)nn2)cnc1=O. The van der Waals surface area contributed by atoms with Gasteiger partial charge in [-0.3, -0.25) is 0 Å². The maximum atomic E-state index is 11.5. The second kappa shape index (κ2) is 8.43. The van der Waals surface area contributed by atoms with Gasteiger partial charge in [-0.15, -0.1) is 10.2 Å². The van der Waals surface area contributed by atoms with E-state index in [9.17, 15) is 4.79 Å². The summed E-state index contributed by atoms with van der Waals surface area (Å²) in [7, 11) is 1.68. The van der Waals surface area contributed by atoms with Gasteiger partial charge in [-0.25, -0.2) is 9.78 Å². The van der Waals surface area contributed by atoms with Crippen molar-refractivity contribution in [1.82, 2.24) is 24.6 Å². The Bertz CT molecular complexity index is 910. The van der Waals surface area contributed by atoms with Gasteiger partial charge in [-0.05, 0) is 55.6 Å². The Labute approximate surface area is 176 Å². The summed E-state index contributed by atoms with van der Waals surface area (Å²) in [5.41, 5.74) is 1.23. The molecule has 0 aromatic carbocycles. The average molecular weight is 411 g/mol. The second-order valence-corrected chi connectivity index (χ2v) is 9.15. The molecule has 3 atom stereocenters. The van der Waals surface area contributed by atoms with Crippen LogP contribution in [0.2, 0.25) is 0 Å². The maximum Gasteiger partial charge on any atom is 0.347 e. The Morgan fingerprint density at radius 3 is 2.57 bits per heavy atom. The summed E-state index contributed by atoms with van der Waals surface area (Å²) in [6.45, 7) is 5.61. The van der Waals surface area contributed by atoms with Crippen LogP contribution in [0.3, 0.4) is 0 Å². The van der Waals surface area contributed by atoms with E-state index in [0.29, 0.717) is 6.04 Å². The number of rotatable bonds is 5. The van der Waals surface area contributed by atoms with Crippen LogP contribution in [0, 0.1) is 17.8 Å². The number of ether oxygens (including phenoxy) is 1. The van der Waals surface area contributed by atoms with E-state index in [2.05, 4.69) is 25.4 Å². The topological polar surface area (TPSA) is 85.2 Å². The molecule has 5 rings (SSSR count). The molecule has 1 N–H and O–H groups in total. The van der Waals surface area contributed by atoms with E-state index in [-0.39, 0.29) is 5.69 Å². The molecule has 8 heteroatoms. The molecule has 0 radical (unpaired) electrons. The molecular formula is C22H30N6O2. The molecule has 2 aromatic heterocycles. The number of nitrogens with zero attached hydrogens (tertiary/aromatic N) is 5. The van der Waals surface area contributed by atoms with Gasteiger partial charge in [-0.1, -0.05) is 0 Å². The lowest BCUT2D eigenvalue weighted by molar-refractivity contribution is 0.0545. The average Bonchev–Trinajstić information content (AvgIpc) is 3.29. The molecule has 0 amide bonds. The molecule has 2 aliphatic heterocycles. The minimum Gasteiger partial charge on any atom is -0.381 e. The van der Waals surface area contributed by atoms with Crippen LogP contribution < -0.4 is 11.0 Å². The Morgan fingerprint density at radius 2 is 1.90 bits per heavy atom. The first-order valence-electron chi connectivity index (χ1n) is 11.1. The first-order valence-corrected chi connectivity index (χ1v) is 11.1. The fourth-order valence-electron chi connectivity index (χ4n) is 5.38. The smallest absolute Gasteiger partial charge is 0.347 e. The molecule has 8 nitrogen and oxygen atoms in total. The summed E-state index contributed by atoms with van der Waals surface area (Å²) < 4.78 is 6.95. The van der Waals surface area contributed by atoms with Gasteiger partial charge < -0.3 is 19.5 Å². The van der Waals surface area contributed by atoms with Crippen molar-refractivity contribution in [2.75, 3.05) is 38.2 Å². The van der Waals surface area contributed by atoms with E-state index in [4.69, 9.17) is 4.74 Å². The Balaban J connectivity index is 1.14. The van der Waals surface area contributed by atoms with Crippen LogP contribution in [-0.4, -0.2) is 63.5 Å². The van der Waals surface area contributed by atoms with Crippen molar-refractivity contribution in [3.63, 3.8) is 0 Å². The Morgan fingerprint density at radius 1 is 1.13 bits per heavy atom. The third-order valence-electron chi connectivity index (χ3n) is 6.94. The third-order valence-corrected chi connectivity index (χ3v) is 6.94. The molecule has 1 unspecified atom stereocenters. The first-order chi connectivity index (χ1) is 14.6. The molecule has 3 aliphatic rings. The zero-order valence-electron chi connectivity index (χ0n) is 17.5. The number of aromatic nitrogens is 4. The number of nitrogens with one attached hydrogen (secondary N) is 1. The molecule has 3 fully saturated rings. The summed E-state index contributed by atoms with van der Waals surface area (Å²) in [5, 5.41) is 12.3. The van der Waals surface area contributed by atoms with Crippen molar-refractivity contribution in [3.8, 4) is 11.3 Å². The maximum absolute atomic E-state index is 11.5. The summed E-state index contributed by atoms with van der Waals surface area (Å²) in [6.07, 6.45) is 8.15. The van der Waals surface area contributed by atoms with Gasteiger partial charge in [0.25, 0.3) is 0 Å². The highest BCUT2D eigenvalue weighted by Gasteiger charge is 2.41. The highest BCUT2D eigenvalue weighted by atomic mass is 16.5. The quantitative estimate of drug-likeness (QED) is 0.804. The van der Waals surface area contributed by atoms with E-state index >= 15 is 0 Å². The Kier molecular flexibility index (Phi) is 5.52. The summed E-state index contributed by atoms with van der Waals surface area (Å²) >= 11 is 0. The van der Waals surface area contributed by atoms with Crippen LogP contribution >= 0.6 is 0 Å².